The van der Waals surface area contributed by atoms with E-state index < -0.39 is 5.54 Å². The molecule has 1 aliphatic carbocycles. The molecule has 0 amide bonds. The van der Waals surface area contributed by atoms with Crippen LogP contribution in [0.5, 0.6) is 0 Å². The van der Waals surface area contributed by atoms with Gasteiger partial charge in [-0.3, -0.25) is 4.79 Å². The minimum atomic E-state index is -0.545. The third kappa shape index (κ3) is 5.06. The summed E-state index contributed by atoms with van der Waals surface area (Å²) in [7, 11) is 3.69. The van der Waals surface area contributed by atoms with Crippen LogP contribution in [0.4, 0.5) is 0 Å². The first-order chi connectivity index (χ1) is 9.53. The van der Waals surface area contributed by atoms with Gasteiger partial charge in [-0.1, -0.05) is 26.2 Å². The van der Waals surface area contributed by atoms with E-state index in [2.05, 4.69) is 17.3 Å². The highest BCUT2D eigenvalue weighted by molar-refractivity contribution is 5.80. The van der Waals surface area contributed by atoms with Crippen molar-refractivity contribution in [3.8, 4) is 0 Å². The van der Waals surface area contributed by atoms with E-state index in [4.69, 9.17) is 4.74 Å². The summed E-state index contributed by atoms with van der Waals surface area (Å²) in [6, 6.07) is 0.743. The third-order valence-corrected chi connectivity index (χ3v) is 4.59. The molecule has 0 radical (unpaired) electrons. The molecule has 0 aromatic rings. The van der Waals surface area contributed by atoms with Crippen molar-refractivity contribution in [2.24, 2.45) is 0 Å². The van der Waals surface area contributed by atoms with E-state index in [-0.39, 0.29) is 5.97 Å². The van der Waals surface area contributed by atoms with Gasteiger partial charge in [-0.15, -0.1) is 0 Å². The highest BCUT2D eigenvalue weighted by Crippen LogP contribution is 2.22. The zero-order valence-corrected chi connectivity index (χ0v) is 13.7. The van der Waals surface area contributed by atoms with E-state index in [0.29, 0.717) is 0 Å². The maximum absolute atomic E-state index is 11.9. The van der Waals surface area contributed by atoms with Crippen LogP contribution in [0.25, 0.3) is 0 Å². The summed E-state index contributed by atoms with van der Waals surface area (Å²) in [5, 5.41) is 3.27. The van der Waals surface area contributed by atoms with E-state index in [1.807, 2.05) is 13.8 Å². The fourth-order valence-electron chi connectivity index (χ4n) is 3.26. The van der Waals surface area contributed by atoms with Crippen molar-refractivity contribution in [3.05, 3.63) is 0 Å². The minimum Gasteiger partial charge on any atom is -0.468 e. The summed E-state index contributed by atoms with van der Waals surface area (Å²) in [6.07, 6.45) is 8.63. The number of hydrogen-bond acceptors (Lipinski definition) is 4. The van der Waals surface area contributed by atoms with Crippen molar-refractivity contribution in [1.29, 1.82) is 0 Å². The number of methoxy groups -OCH3 is 1. The molecule has 1 saturated carbocycles. The Bertz CT molecular complexity index is 290. The van der Waals surface area contributed by atoms with E-state index in [9.17, 15) is 4.79 Å². The molecule has 1 unspecified atom stereocenters. The molecule has 1 rings (SSSR count). The average molecular weight is 284 g/mol. The van der Waals surface area contributed by atoms with Crippen molar-refractivity contribution in [1.82, 2.24) is 10.2 Å². The zero-order valence-electron chi connectivity index (χ0n) is 13.7. The number of carbonyl (C=O) groups is 1. The first kappa shape index (κ1) is 17.4. The van der Waals surface area contributed by atoms with Gasteiger partial charge in [-0.25, -0.2) is 0 Å². The first-order valence-corrected chi connectivity index (χ1v) is 8.07. The highest BCUT2D eigenvalue weighted by Gasteiger charge is 2.32. The topological polar surface area (TPSA) is 41.6 Å². The van der Waals surface area contributed by atoms with Crippen molar-refractivity contribution in [2.45, 2.75) is 70.4 Å². The SMILES string of the molecule is CCNC(C)(CCCN(C)C1CCCCC1)C(=O)OC. The normalized spacial score (nSPS) is 19.9. The lowest BCUT2D eigenvalue weighted by molar-refractivity contribution is -0.148. The van der Waals surface area contributed by atoms with E-state index in [1.54, 1.807) is 0 Å². The van der Waals surface area contributed by atoms with E-state index in [0.717, 1.165) is 32.0 Å². The number of ether oxygens (including phenoxy) is 1. The molecule has 0 aromatic carbocycles. The van der Waals surface area contributed by atoms with E-state index >= 15 is 0 Å². The fourth-order valence-corrected chi connectivity index (χ4v) is 3.26. The quantitative estimate of drug-likeness (QED) is 0.696. The second-order valence-corrected chi connectivity index (χ2v) is 6.23. The van der Waals surface area contributed by atoms with Gasteiger partial charge < -0.3 is 15.0 Å². The van der Waals surface area contributed by atoms with Crippen molar-refractivity contribution in [3.63, 3.8) is 0 Å². The molecule has 0 heterocycles. The molecule has 1 atom stereocenters. The molecule has 1 aliphatic rings. The lowest BCUT2D eigenvalue weighted by atomic mass is 9.93. The lowest BCUT2D eigenvalue weighted by Gasteiger charge is -2.33. The summed E-state index contributed by atoms with van der Waals surface area (Å²) in [4.78, 5) is 14.4. The number of likely N-dealkylation sites (N-methyl/N-ethyl adjacent to an activating group) is 1. The highest BCUT2D eigenvalue weighted by atomic mass is 16.5. The zero-order chi connectivity index (χ0) is 15.0. The molecule has 0 spiro atoms. The van der Waals surface area contributed by atoms with Gasteiger partial charge in [0.05, 0.1) is 7.11 Å². The Morgan fingerprint density at radius 3 is 2.55 bits per heavy atom. The molecule has 0 aliphatic heterocycles. The van der Waals surface area contributed by atoms with Crippen molar-refractivity contribution >= 4 is 5.97 Å². The standard InChI is InChI=1S/C16H32N2O2/c1-5-17-16(2,15(19)20-4)12-9-13-18(3)14-10-7-6-8-11-14/h14,17H,5-13H2,1-4H3. The predicted octanol–water partition coefficient (Wildman–Crippen LogP) is 2.57. The van der Waals surface area contributed by atoms with Crippen LogP contribution in [0.3, 0.4) is 0 Å². The second-order valence-electron chi connectivity index (χ2n) is 6.23. The monoisotopic (exact) mass is 284 g/mol. The van der Waals surface area contributed by atoms with Gasteiger partial charge in [0.2, 0.25) is 0 Å². The van der Waals surface area contributed by atoms with Gasteiger partial charge in [-0.05, 0) is 52.7 Å². The number of carbonyl (C=O) groups excluding carboxylic acids is 1. The molecule has 0 saturated heterocycles. The van der Waals surface area contributed by atoms with Gasteiger partial charge >= 0.3 is 5.97 Å². The van der Waals surface area contributed by atoms with Crippen molar-refractivity contribution < 1.29 is 9.53 Å². The first-order valence-electron chi connectivity index (χ1n) is 8.07. The van der Waals surface area contributed by atoms with Crippen LogP contribution in [-0.2, 0) is 9.53 Å². The number of nitrogens with zero attached hydrogens (tertiary/aromatic N) is 1. The largest absolute Gasteiger partial charge is 0.468 e. The summed E-state index contributed by atoms with van der Waals surface area (Å²) < 4.78 is 4.93. The minimum absolute atomic E-state index is 0.153. The van der Waals surface area contributed by atoms with Gasteiger partial charge in [0, 0.05) is 6.04 Å². The Kier molecular flexibility index (Phi) is 7.52. The Morgan fingerprint density at radius 1 is 1.35 bits per heavy atom. The molecule has 4 nitrogen and oxygen atoms in total. The maximum Gasteiger partial charge on any atom is 0.325 e. The van der Waals surface area contributed by atoms with Crippen LogP contribution in [0.15, 0.2) is 0 Å². The maximum atomic E-state index is 11.9. The predicted molar refractivity (Wildman–Crippen MR) is 82.8 cm³/mol. The fraction of sp³-hybridized carbons (Fsp3) is 0.938. The number of nitrogens with one attached hydrogen (secondary N) is 1. The van der Waals surface area contributed by atoms with Crippen LogP contribution in [0.1, 0.15) is 58.8 Å². The Labute approximate surface area is 124 Å². The Morgan fingerprint density at radius 2 is 2.00 bits per heavy atom. The average Bonchev–Trinajstić information content (AvgIpc) is 2.47. The van der Waals surface area contributed by atoms with Crippen LogP contribution >= 0.6 is 0 Å². The van der Waals surface area contributed by atoms with Gasteiger partial charge in [0.1, 0.15) is 5.54 Å². The molecular weight excluding hydrogens is 252 g/mol. The van der Waals surface area contributed by atoms with Gasteiger partial charge in [0.15, 0.2) is 0 Å². The molecule has 1 N–H and O–H groups in total. The van der Waals surface area contributed by atoms with Crippen LogP contribution in [-0.4, -0.2) is 49.7 Å². The molecule has 4 heteroatoms. The van der Waals surface area contributed by atoms with Crippen LogP contribution in [0.2, 0.25) is 0 Å². The summed E-state index contributed by atoms with van der Waals surface area (Å²) in [5.41, 5.74) is -0.545. The molecule has 0 aromatic heterocycles. The number of rotatable bonds is 8. The van der Waals surface area contributed by atoms with Crippen molar-refractivity contribution in [2.75, 3.05) is 27.2 Å². The van der Waals surface area contributed by atoms with Crippen LogP contribution < -0.4 is 5.32 Å². The number of esters is 1. The number of hydrogen-bond donors (Lipinski definition) is 1. The van der Waals surface area contributed by atoms with Gasteiger partial charge in [-0.2, -0.15) is 0 Å². The molecular formula is C16H32N2O2. The third-order valence-electron chi connectivity index (χ3n) is 4.59. The smallest absolute Gasteiger partial charge is 0.325 e. The summed E-state index contributed by atoms with van der Waals surface area (Å²) >= 11 is 0. The lowest BCUT2D eigenvalue weighted by Crippen LogP contribution is -2.50. The van der Waals surface area contributed by atoms with E-state index in [1.165, 1.54) is 39.2 Å². The Balaban J connectivity index is 2.37. The summed E-state index contributed by atoms with van der Waals surface area (Å²) in [5.74, 6) is -0.153. The molecule has 0 bridgehead atoms. The molecule has 1 fully saturated rings. The second kappa shape index (κ2) is 8.63. The molecule has 118 valence electrons. The van der Waals surface area contributed by atoms with Gasteiger partial charge in [0.25, 0.3) is 0 Å². The Hall–Kier alpha value is -0.610. The van der Waals surface area contributed by atoms with Crippen LogP contribution in [0, 0.1) is 0 Å². The summed E-state index contributed by atoms with van der Waals surface area (Å²) in [6.45, 7) is 5.81. The molecule has 20 heavy (non-hydrogen) atoms.